The summed E-state index contributed by atoms with van der Waals surface area (Å²) in [5, 5.41) is 82.0. The molecule has 0 aromatic carbocycles. The summed E-state index contributed by atoms with van der Waals surface area (Å²) in [5.41, 5.74) is 12.7. The van der Waals surface area contributed by atoms with Crippen LogP contribution in [0.25, 0.3) is 0 Å². The molecule has 40 nitrogen and oxygen atoms in total. The number of methoxy groups -OCH3 is 2. The first kappa shape index (κ1) is 125. The van der Waals surface area contributed by atoms with E-state index >= 15 is 0 Å². The van der Waals surface area contributed by atoms with Crippen molar-refractivity contribution >= 4 is 77.9 Å². The van der Waals surface area contributed by atoms with Gasteiger partial charge in [-0.3, -0.25) is 34.1 Å². The first-order chi connectivity index (χ1) is 68.9. The molecule has 804 valence electrons. The highest BCUT2D eigenvalue weighted by Crippen LogP contribution is 2.37. The first-order valence-corrected chi connectivity index (χ1v) is 50.1. The van der Waals surface area contributed by atoms with Gasteiger partial charge in [0.25, 0.3) is 22.2 Å². The third kappa shape index (κ3) is 45.8. The highest BCUT2D eigenvalue weighted by Gasteiger charge is 2.35. The van der Waals surface area contributed by atoms with Crippen molar-refractivity contribution in [2.75, 3.05) is 25.3 Å². The van der Waals surface area contributed by atoms with Crippen molar-refractivity contribution in [2.45, 2.75) is 359 Å². The van der Waals surface area contributed by atoms with Gasteiger partial charge in [0, 0.05) is 115 Å². The summed E-state index contributed by atoms with van der Waals surface area (Å²) in [6, 6.07) is 29.5. The molecule has 8 fully saturated rings. The van der Waals surface area contributed by atoms with Gasteiger partial charge in [-0.05, 0) is 298 Å². The number of ether oxygens (including phenoxy) is 6. The smallest absolute Gasteiger partial charge is 0.412 e. The van der Waals surface area contributed by atoms with E-state index in [0.29, 0.717) is 44.6 Å². The van der Waals surface area contributed by atoms with Crippen LogP contribution in [0.1, 0.15) is 344 Å². The molecule has 8 aliphatic rings. The van der Waals surface area contributed by atoms with Crippen molar-refractivity contribution in [2.24, 2.45) is 58.8 Å². The van der Waals surface area contributed by atoms with E-state index in [1.807, 2.05) is 41.5 Å². The van der Waals surface area contributed by atoms with Gasteiger partial charge < -0.3 is 94.5 Å². The van der Waals surface area contributed by atoms with Crippen LogP contribution < -0.4 is 66.3 Å². The molecule has 5 aromatic rings. The third-order valence-electron chi connectivity index (χ3n) is 25.2. The maximum Gasteiger partial charge on any atom is 0.412 e. The van der Waals surface area contributed by atoms with Crippen molar-refractivity contribution in [3.8, 4) is 36.4 Å². The van der Waals surface area contributed by atoms with Crippen molar-refractivity contribution in [1.82, 2.24) is 34.2 Å². The minimum atomic E-state index is -1.21. The number of nitrogens with zero attached hydrogens (tertiary/aromatic N) is 10. The number of aromatic nitrogens is 4. The number of halogens is 1. The predicted octanol–water partition coefficient (Wildman–Crippen LogP) is 17.0. The Morgan fingerprint density at radius 3 is 1.06 bits per heavy atom. The number of carbonyl (C=O) groups excluding carboxylic acids is 7. The molecule has 147 heavy (non-hydrogen) atoms. The van der Waals surface area contributed by atoms with Crippen molar-refractivity contribution in [3.63, 3.8) is 0 Å². The highest BCUT2D eigenvalue weighted by atomic mass is 35.5. The quantitative estimate of drug-likeness (QED) is 0.0390. The van der Waals surface area contributed by atoms with Gasteiger partial charge in [-0.2, -0.15) is 31.6 Å². The average molecular weight is 2070 g/mol. The largest absolute Gasteiger partial charge is 0.481 e. The lowest BCUT2D eigenvalue weighted by molar-refractivity contribution is -0.143. The number of anilines is 2. The van der Waals surface area contributed by atoms with Gasteiger partial charge in [0.15, 0.2) is 0 Å². The molecule has 0 bridgehead atoms. The summed E-state index contributed by atoms with van der Waals surface area (Å²) in [4.78, 5) is 161. The number of hydrogen-bond donors (Lipinski definition) is 9. The van der Waals surface area contributed by atoms with Crippen LogP contribution in [0.4, 0.5) is 30.6 Å². The molecule has 0 radical (unpaired) electrons. The van der Waals surface area contributed by atoms with E-state index in [1.54, 1.807) is 116 Å². The van der Waals surface area contributed by atoms with Gasteiger partial charge in [-0.15, -0.1) is 12.4 Å². The van der Waals surface area contributed by atoms with Crippen molar-refractivity contribution in [1.29, 1.82) is 31.6 Å². The maximum atomic E-state index is 12.6. The van der Waals surface area contributed by atoms with E-state index in [1.165, 1.54) is 49.3 Å². The summed E-state index contributed by atoms with van der Waals surface area (Å²) in [6.07, 6.45) is 33.6. The number of rotatable bonds is 13. The molecule has 41 heteroatoms. The van der Waals surface area contributed by atoms with E-state index in [0.717, 1.165) is 167 Å². The third-order valence-corrected chi connectivity index (χ3v) is 25.2. The minimum absolute atomic E-state index is 0. The lowest BCUT2D eigenvalue weighted by Gasteiger charge is -2.29. The standard InChI is InChI=1S/C17H23N3O3.C14H16N2O3.C13H14N2O3.C12H15N3O.C12H22N2O3.C12H20N2O2.C12H21NO4.C7H12N2.C7H6O4.ClH/c1-17(2,3)23-16(22)19-14-8-5-9-20(15(14)21)13-7-4-6-12(10-13)11-18;1-19-14(18)12-6-3-7-16(13(12)17)11-5-2-4-10(8-11)9-15;14-8-9-3-1-4-10(7-9)15-6-2-5-11(12(15)16)13(17)18;13-8-9-3-1-4-10(7-9)15-6-2-5-11(14)12(15)16;1-12(2,3)17-11(16)14-9-6-4-5-8(7-9)10(13)15;1-12(2,3)16-11(15)14-10-6-4-5-9(7-10)8-13;1-12(2,3)17-11(16)13-9-6-4-5-8(7-9)10(14)15;8-5-6-2-1-3-7(9)4-6;1-10-6(8)5-3-2-4-11-7(5)9;/h5,8-9,12-13H,4,6-7,10H2,1-3H3,(H,19,22);3,6-7,10-11H,2,4-5,8H2,1H3;2,5-6,9-10H,1,3-4,7H2,(H,17,18);2,5-6,9-10H,1,3-4,7,14H2;8-9H,4-7H2,1-3H3,(H2,13,15)(H,14,16);9-10H,4-7H2,1-3H3,(H,14,15);8-9H,4-7H2,1-3H3,(H,13,16)(H,14,15);6-7H,1-4,9H2;2-4H,1H3;1H/t12-,13+;10-,11+;2*9-,10+;8-,9+;9-,10+;8-,9+;6-,7+;;/m11110001../s1. The van der Waals surface area contributed by atoms with E-state index in [4.69, 9.17) is 77.9 Å². The van der Waals surface area contributed by atoms with Crippen LogP contribution >= 0.6 is 12.4 Å². The molecule has 5 heterocycles. The number of amides is 5. The lowest BCUT2D eigenvalue weighted by Crippen LogP contribution is -2.43. The zero-order valence-corrected chi connectivity index (χ0v) is 87.9. The molecular formula is C106H150ClN17O23. The maximum absolute atomic E-state index is 12.6. The van der Waals surface area contributed by atoms with Crippen LogP contribution in [0, 0.1) is 115 Å². The molecule has 0 unspecified atom stereocenters. The zero-order valence-electron chi connectivity index (χ0n) is 87.1. The monoisotopic (exact) mass is 2060 g/mol. The van der Waals surface area contributed by atoms with E-state index in [-0.39, 0.29) is 159 Å². The number of aromatic carboxylic acids is 1. The SMILES string of the molecule is CC(C)(C)OC(=O)N[C@@H]1CCC[C@H](C#N)C1.CC(C)(C)OC(=O)N[C@@H]1CCC[C@H](C(=O)O)C1.CC(C)(C)OC(=O)N[C@@H]1CCC[C@H](C(N)=O)C1.CC(C)(C)OC(=O)Nc1cccn([C@H]2CCC[C@@H](C#N)C2)c1=O.COC(=O)c1cccn([C@H]2CCC[C@@H](C#N)C2)c1=O.COC(=O)c1cccoc1=O.Cl.N#C[C@@H]1CCC[C@H](N)C1.N#C[C@@H]1CCC[C@H](n2cccc(C(=O)O)c2=O)C1.N#C[C@@H]1CCC[C@H](n2cccc(N)c2=O)C1. The molecule has 13 rings (SSSR count). The Bertz CT molecular complexity index is 5670. The number of hydrogen-bond acceptors (Lipinski definition) is 29. The Hall–Kier alpha value is -13.8. The van der Waals surface area contributed by atoms with Gasteiger partial charge in [0.1, 0.15) is 44.8 Å². The number of carboxylic acids is 2. The molecule has 8 aliphatic carbocycles. The first-order valence-electron chi connectivity index (χ1n) is 50.1. The highest BCUT2D eigenvalue weighted by molar-refractivity contribution is 5.89. The van der Waals surface area contributed by atoms with E-state index in [2.05, 4.69) is 71.6 Å². The van der Waals surface area contributed by atoms with Crippen LogP contribution in [0.15, 0.2) is 120 Å². The van der Waals surface area contributed by atoms with Crippen molar-refractivity contribution < 1.29 is 86.2 Å². The van der Waals surface area contributed by atoms with E-state index < -0.39 is 75.7 Å². The molecule has 0 saturated heterocycles. The Morgan fingerprint density at radius 1 is 0.381 bits per heavy atom. The van der Waals surface area contributed by atoms with Crippen LogP contribution in [-0.4, -0.2) is 143 Å². The number of nitrogen functional groups attached to an aromatic ring is 1. The molecule has 0 aliphatic heterocycles. The Balaban J connectivity index is 0.000000347. The molecular weight excluding hydrogens is 1910 g/mol. The van der Waals surface area contributed by atoms with Crippen LogP contribution in [0.3, 0.4) is 0 Å². The molecule has 8 saturated carbocycles. The van der Waals surface area contributed by atoms with E-state index in [9.17, 15) is 67.1 Å². The number of pyridine rings is 4. The fraction of sp³-hybridized carbons (Fsp3) is 0.623. The van der Waals surface area contributed by atoms with Gasteiger partial charge in [0.2, 0.25) is 5.91 Å². The number of nitrogens with two attached hydrogens (primary N) is 3. The number of nitriles is 6. The molecule has 16 atom stereocenters. The second-order valence-electron chi connectivity index (χ2n) is 41.6. The van der Waals surface area contributed by atoms with Gasteiger partial charge >= 0.3 is 53.9 Å². The Morgan fingerprint density at radius 2 is 0.694 bits per heavy atom. The van der Waals surface area contributed by atoms with Gasteiger partial charge in [-0.25, -0.2) is 38.4 Å². The number of primary amides is 1. The lowest BCUT2D eigenvalue weighted by atomic mass is 9.85. The molecule has 5 aromatic heterocycles. The minimum Gasteiger partial charge on any atom is -0.481 e. The Kier molecular flexibility index (Phi) is 53.1. The average Bonchev–Trinajstić information content (AvgIpc) is 0.816. The number of aliphatic carboxylic acids is 1. The number of alkyl carbamates (subject to hydrolysis) is 3. The number of carbonyl (C=O) groups is 9. The van der Waals surface area contributed by atoms with Crippen molar-refractivity contribution in [3.05, 3.63) is 160 Å². The second kappa shape index (κ2) is 62.2. The normalized spacial score (nSPS) is 23.3. The second-order valence-corrected chi connectivity index (χ2v) is 41.6. The predicted molar refractivity (Wildman–Crippen MR) is 549 cm³/mol. The number of carboxylic acid groups (broad SMARTS) is 2. The van der Waals surface area contributed by atoms with Gasteiger partial charge in [0.05, 0.1) is 68.5 Å². The van der Waals surface area contributed by atoms with Crippen LogP contribution in [0.5, 0.6) is 0 Å². The number of esters is 2. The summed E-state index contributed by atoms with van der Waals surface area (Å²) in [6.45, 7) is 21.7. The van der Waals surface area contributed by atoms with Crippen LogP contribution in [-0.2, 0) is 38.0 Å². The molecule has 0 spiro atoms. The topological polar surface area (TPSA) is 637 Å². The fourth-order valence-electron chi connectivity index (χ4n) is 18.2. The van der Waals surface area contributed by atoms with Gasteiger partial charge in [-0.1, -0.05) is 51.4 Å². The summed E-state index contributed by atoms with van der Waals surface area (Å²) in [5.74, 6) is -3.68. The zero-order chi connectivity index (χ0) is 109. The number of nitrogens with one attached hydrogen (secondary N) is 4. The molecule has 5 amide bonds. The molecule has 12 N–H and O–H groups in total. The fourth-order valence-corrected chi connectivity index (χ4v) is 18.2. The summed E-state index contributed by atoms with van der Waals surface area (Å²) < 4.78 is 40.3. The van der Waals surface area contributed by atoms with Crippen LogP contribution in [0.2, 0.25) is 0 Å². The Labute approximate surface area is 865 Å². The summed E-state index contributed by atoms with van der Waals surface area (Å²) in [7, 11) is 2.46. The summed E-state index contributed by atoms with van der Waals surface area (Å²) >= 11 is 0.